The molecule has 0 aliphatic carbocycles. The zero-order valence-electron chi connectivity index (χ0n) is 9.75. The molecule has 0 radical (unpaired) electrons. The highest BCUT2D eigenvalue weighted by Gasteiger charge is 2.21. The molecule has 0 unspecified atom stereocenters. The van der Waals surface area contributed by atoms with Crippen molar-refractivity contribution in [1.82, 2.24) is 4.90 Å². The Hall–Kier alpha value is -0.540. The van der Waals surface area contributed by atoms with Gasteiger partial charge in [-0.1, -0.05) is 34.5 Å². The fourth-order valence-corrected chi connectivity index (χ4v) is 2.93. The van der Waals surface area contributed by atoms with E-state index >= 15 is 0 Å². The number of carbonyl (C=O) groups is 1. The topological polar surface area (TPSA) is 20.3 Å². The minimum Gasteiger partial charge on any atom is -0.339 e. The molecule has 4 heteroatoms. The summed E-state index contributed by atoms with van der Waals surface area (Å²) in [5.41, 5.74) is 0.666. The Balaban J connectivity index is 2.14. The molecule has 0 N–H and O–H groups in total. The van der Waals surface area contributed by atoms with E-state index in [2.05, 4.69) is 22.9 Å². The number of hydrogen-bond donors (Lipinski definition) is 0. The number of likely N-dealkylation sites (tertiary alicyclic amines) is 1. The van der Waals surface area contributed by atoms with Gasteiger partial charge in [-0.05, 0) is 37.0 Å². The second kappa shape index (κ2) is 5.40. The largest absolute Gasteiger partial charge is 0.339 e. The van der Waals surface area contributed by atoms with Crippen LogP contribution in [-0.2, 0) is 0 Å². The van der Waals surface area contributed by atoms with Crippen LogP contribution in [0.15, 0.2) is 22.7 Å². The predicted molar refractivity (Wildman–Crippen MR) is 73.5 cm³/mol. The molecule has 1 heterocycles. The predicted octanol–water partition coefficient (Wildman–Crippen LogP) is 3.97. The summed E-state index contributed by atoms with van der Waals surface area (Å²) in [5.74, 6) is 0.810. The zero-order valence-corrected chi connectivity index (χ0v) is 12.1. The molecule has 0 atom stereocenters. The van der Waals surface area contributed by atoms with Crippen molar-refractivity contribution in [2.75, 3.05) is 13.1 Å². The molecule has 1 aliphatic rings. The van der Waals surface area contributed by atoms with Crippen molar-refractivity contribution in [3.05, 3.63) is 33.3 Å². The van der Waals surface area contributed by atoms with Gasteiger partial charge in [0.2, 0.25) is 0 Å². The number of halogens is 2. The van der Waals surface area contributed by atoms with Crippen LogP contribution in [0.1, 0.15) is 30.1 Å². The van der Waals surface area contributed by atoms with Crippen LogP contribution < -0.4 is 0 Å². The maximum atomic E-state index is 12.3. The van der Waals surface area contributed by atoms with Crippen molar-refractivity contribution in [2.45, 2.75) is 19.8 Å². The molecule has 2 nitrogen and oxygen atoms in total. The van der Waals surface area contributed by atoms with Crippen LogP contribution in [0.2, 0.25) is 5.02 Å². The Morgan fingerprint density at radius 2 is 2.00 bits per heavy atom. The van der Waals surface area contributed by atoms with Crippen LogP contribution in [0.4, 0.5) is 0 Å². The first-order valence-electron chi connectivity index (χ1n) is 5.81. The summed E-state index contributed by atoms with van der Waals surface area (Å²) in [6.45, 7) is 3.94. The fraction of sp³-hybridized carbons (Fsp3) is 0.462. The van der Waals surface area contributed by atoms with E-state index in [4.69, 9.17) is 11.6 Å². The number of amides is 1. The smallest absolute Gasteiger partial charge is 0.253 e. The number of nitrogens with zero attached hydrogens (tertiary/aromatic N) is 1. The summed E-state index contributed by atoms with van der Waals surface area (Å²) in [7, 11) is 0. The van der Waals surface area contributed by atoms with Gasteiger partial charge in [-0.15, -0.1) is 0 Å². The van der Waals surface area contributed by atoms with Crippen molar-refractivity contribution in [3.8, 4) is 0 Å². The van der Waals surface area contributed by atoms with Gasteiger partial charge in [0.1, 0.15) is 0 Å². The van der Waals surface area contributed by atoms with E-state index in [1.54, 1.807) is 12.1 Å². The highest BCUT2D eigenvalue weighted by atomic mass is 79.9. The van der Waals surface area contributed by atoms with E-state index in [0.717, 1.165) is 36.3 Å². The lowest BCUT2D eigenvalue weighted by atomic mass is 9.98. The summed E-state index contributed by atoms with van der Waals surface area (Å²) in [4.78, 5) is 14.2. The van der Waals surface area contributed by atoms with Crippen LogP contribution in [0.3, 0.4) is 0 Å². The summed E-state index contributed by atoms with van der Waals surface area (Å²) in [6.07, 6.45) is 2.18. The maximum absolute atomic E-state index is 12.3. The van der Waals surface area contributed by atoms with E-state index in [-0.39, 0.29) is 5.91 Å². The Morgan fingerprint density at radius 1 is 1.35 bits per heavy atom. The third-order valence-corrected chi connectivity index (χ3v) is 3.86. The van der Waals surface area contributed by atoms with Crippen molar-refractivity contribution in [3.63, 3.8) is 0 Å². The molecule has 2 rings (SSSR count). The van der Waals surface area contributed by atoms with Crippen LogP contribution in [0.25, 0.3) is 0 Å². The number of hydrogen-bond acceptors (Lipinski definition) is 1. The average molecular weight is 317 g/mol. The molecule has 1 amide bonds. The number of benzene rings is 1. The molecule has 0 saturated carbocycles. The molecule has 1 fully saturated rings. The van der Waals surface area contributed by atoms with Crippen LogP contribution in [0.5, 0.6) is 0 Å². The lowest BCUT2D eigenvalue weighted by Crippen LogP contribution is -2.37. The molecular weight excluding hydrogens is 302 g/mol. The Morgan fingerprint density at radius 3 is 2.59 bits per heavy atom. The second-order valence-corrected chi connectivity index (χ2v) is 5.98. The first-order valence-corrected chi connectivity index (χ1v) is 6.99. The van der Waals surface area contributed by atoms with E-state index in [1.807, 2.05) is 11.0 Å². The minimum absolute atomic E-state index is 0.0834. The van der Waals surface area contributed by atoms with E-state index in [1.165, 1.54) is 0 Å². The maximum Gasteiger partial charge on any atom is 0.253 e. The standard InChI is InChI=1S/C13H15BrClNO/c1-9-2-4-16(5-3-9)13(17)10-6-11(14)8-12(15)7-10/h6-9H,2-5H2,1H3. The lowest BCUT2D eigenvalue weighted by molar-refractivity contribution is 0.0697. The zero-order chi connectivity index (χ0) is 12.4. The van der Waals surface area contributed by atoms with E-state index in [9.17, 15) is 4.79 Å². The van der Waals surface area contributed by atoms with Gasteiger partial charge in [0.25, 0.3) is 5.91 Å². The third kappa shape index (κ3) is 3.23. The van der Waals surface area contributed by atoms with Crippen LogP contribution in [-0.4, -0.2) is 23.9 Å². The summed E-state index contributed by atoms with van der Waals surface area (Å²) in [5, 5.41) is 0.591. The molecule has 1 aromatic carbocycles. The SMILES string of the molecule is CC1CCN(C(=O)c2cc(Cl)cc(Br)c2)CC1. The van der Waals surface area contributed by atoms with Gasteiger partial charge < -0.3 is 4.90 Å². The Kier molecular flexibility index (Phi) is 4.10. The second-order valence-electron chi connectivity index (χ2n) is 4.63. The first-order chi connectivity index (χ1) is 8.06. The molecular formula is C13H15BrClNO. The van der Waals surface area contributed by atoms with Gasteiger partial charge >= 0.3 is 0 Å². The molecule has 17 heavy (non-hydrogen) atoms. The number of rotatable bonds is 1. The van der Waals surface area contributed by atoms with E-state index in [0.29, 0.717) is 10.6 Å². The average Bonchev–Trinajstić information content (AvgIpc) is 2.28. The normalized spacial score (nSPS) is 17.2. The van der Waals surface area contributed by atoms with Gasteiger partial charge in [-0.3, -0.25) is 4.79 Å². The van der Waals surface area contributed by atoms with Crippen molar-refractivity contribution >= 4 is 33.4 Å². The molecule has 92 valence electrons. The summed E-state index contributed by atoms with van der Waals surface area (Å²) in [6, 6.07) is 5.34. The molecule has 1 aliphatic heterocycles. The van der Waals surface area contributed by atoms with Crippen LogP contribution >= 0.6 is 27.5 Å². The van der Waals surface area contributed by atoms with Gasteiger partial charge in [0.05, 0.1) is 0 Å². The Bertz CT molecular complexity index is 407. The first kappa shape index (κ1) is 12.9. The molecule has 0 bridgehead atoms. The lowest BCUT2D eigenvalue weighted by Gasteiger charge is -2.30. The Labute approximate surface area is 115 Å². The van der Waals surface area contributed by atoms with E-state index < -0.39 is 0 Å². The van der Waals surface area contributed by atoms with Crippen molar-refractivity contribution < 1.29 is 4.79 Å². The van der Waals surface area contributed by atoms with Crippen molar-refractivity contribution in [2.24, 2.45) is 5.92 Å². The summed E-state index contributed by atoms with van der Waals surface area (Å²) < 4.78 is 0.846. The van der Waals surface area contributed by atoms with Crippen molar-refractivity contribution in [1.29, 1.82) is 0 Å². The summed E-state index contributed by atoms with van der Waals surface area (Å²) >= 11 is 9.32. The third-order valence-electron chi connectivity index (χ3n) is 3.18. The molecule has 0 spiro atoms. The number of carbonyl (C=O) groups excluding carboxylic acids is 1. The van der Waals surface area contributed by atoms with Gasteiger partial charge in [-0.2, -0.15) is 0 Å². The fourth-order valence-electron chi connectivity index (χ4n) is 2.07. The molecule has 0 aromatic heterocycles. The van der Waals surface area contributed by atoms with Crippen LogP contribution in [0, 0.1) is 5.92 Å². The van der Waals surface area contributed by atoms with Gasteiger partial charge in [-0.25, -0.2) is 0 Å². The monoisotopic (exact) mass is 315 g/mol. The quantitative estimate of drug-likeness (QED) is 0.767. The van der Waals surface area contributed by atoms with Gasteiger partial charge in [0.15, 0.2) is 0 Å². The minimum atomic E-state index is 0.0834. The van der Waals surface area contributed by atoms with Gasteiger partial charge in [0, 0.05) is 28.1 Å². The number of piperidine rings is 1. The molecule has 1 aromatic rings. The highest BCUT2D eigenvalue weighted by Crippen LogP contribution is 2.23. The highest BCUT2D eigenvalue weighted by molar-refractivity contribution is 9.10. The molecule has 1 saturated heterocycles.